The van der Waals surface area contributed by atoms with Gasteiger partial charge in [-0.05, 0) is 30.1 Å². The molecule has 1 rings (SSSR count). The van der Waals surface area contributed by atoms with Crippen molar-refractivity contribution in [2.75, 3.05) is 12.0 Å². The lowest BCUT2D eigenvalue weighted by Gasteiger charge is -2.13. The number of hydrogen-bond donors (Lipinski definition) is 1. The number of halogens is 2. The van der Waals surface area contributed by atoms with Crippen LogP contribution in [-0.2, 0) is 0 Å². The van der Waals surface area contributed by atoms with Gasteiger partial charge < -0.3 is 5.73 Å². The van der Waals surface area contributed by atoms with Crippen molar-refractivity contribution in [3.63, 3.8) is 0 Å². The van der Waals surface area contributed by atoms with Crippen LogP contribution in [0.1, 0.15) is 18.0 Å². The first-order valence-corrected chi connectivity index (χ1v) is 6.50. The second-order valence-corrected chi connectivity index (χ2v) is 4.80. The minimum Gasteiger partial charge on any atom is -0.324 e. The quantitative estimate of drug-likeness (QED) is 0.880. The second-order valence-electron chi connectivity index (χ2n) is 3.03. The molecule has 0 aliphatic heterocycles. The van der Waals surface area contributed by atoms with E-state index in [2.05, 4.69) is 6.26 Å². The van der Waals surface area contributed by atoms with Gasteiger partial charge in [0.05, 0.1) is 10.0 Å². The van der Waals surface area contributed by atoms with Gasteiger partial charge in [-0.3, -0.25) is 0 Å². The number of nitrogens with two attached hydrogens (primary N) is 1. The summed E-state index contributed by atoms with van der Waals surface area (Å²) in [6.07, 6.45) is 2.98. The largest absolute Gasteiger partial charge is 0.324 e. The number of rotatable bonds is 4. The standard InChI is InChI=1S/C10H13Cl2NS/c1-14-6-5-9(13)7-3-2-4-8(11)10(7)12/h2-4,9H,5-6,13H2,1H3. The molecule has 0 saturated heterocycles. The van der Waals surface area contributed by atoms with Crippen molar-refractivity contribution in [3.8, 4) is 0 Å². The maximum absolute atomic E-state index is 6.05. The fraction of sp³-hybridized carbons (Fsp3) is 0.400. The molecule has 14 heavy (non-hydrogen) atoms. The van der Waals surface area contributed by atoms with Crippen molar-refractivity contribution in [3.05, 3.63) is 33.8 Å². The zero-order valence-electron chi connectivity index (χ0n) is 7.97. The molecule has 0 saturated carbocycles. The first kappa shape index (κ1) is 12.2. The van der Waals surface area contributed by atoms with Gasteiger partial charge in [-0.25, -0.2) is 0 Å². The highest BCUT2D eigenvalue weighted by molar-refractivity contribution is 7.98. The van der Waals surface area contributed by atoms with Gasteiger partial charge in [-0.1, -0.05) is 35.3 Å². The van der Waals surface area contributed by atoms with Crippen LogP contribution < -0.4 is 5.73 Å². The van der Waals surface area contributed by atoms with Crippen LogP contribution >= 0.6 is 35.0 Å². The SMILES string of the molecule is CSCCC(N)c1cccc(Cl)c1Cl. The molecule has 0 aliphatic carbocycles. The van der Waals surface area contributed by atoms with Crippen molar-refractivity contribution in [1.82, 2.24) is 0 Å². The summed E-state index contributed by atoms with van der Waals surface area (Å²) in [7, 11) is 0. The van der Waals surface area contributed by atoms with Crippen molar-refractivity contribution in [2.24, 2.45) is 5.73 Å². The molecule has 0 heterocycles. The topological polar surface area (TPSA) is 26.0 Å². The van der Waals surface area contributed by atoms with Gasteiger partial charge in [0.2, 0.25) is 0 Å². The van der Waals surface area contributed by atoms with E-state index in [0.717, 1.165) is 17.7 Å². The highest BCUT2D eigenvalue weighted by atomic mass is 35.5. The first-order chi connectivity index (χ1) is 6.66. The Labute approximate surface area is 99.0 Å². The Morgan fingerprint density at radius 2 is 2.14 bits per heavy atom. The number of benzene rings is 1. The van der Waals surface area contributed by atoms with E-state index >= 15 is 0 Å². The molecule has 1 unspecified atom stereocenters. The lowest BCUT2D eigenvalue weighted by Crippen LogP contribution is -2.11. The van der Waals surface area contributed by atoms with E-state index in [1.54, 1.807) is 17.8 Å². The molecule has 0 fully saturated rings. The Kier molecular flexibility index (Phi) is 5.10. The van der Waals surface area contributed by atoms with E-state index < -0.39 is 0 Å². The zero-order valence-corrected chi connectivity index (χ0v) is 10.3. The molecule has 1 aromatic rings. The smallest absolute Gasteiger partial charge is 0.0640 e. The van der Waals surface area contributed by atoms with E-state index in [4.69, 9.17) is 28.9 Å². The summed E-state index contributed by atoms with van der Waals surface area (Å²) in [4.78, 5) is 0. The molecule has 4 heteroatoms. The summed E-state index contributed by atoms with van der Waals surface area (Å²) in [6.45, 7) is 0. The highest BCUT2D eigenvalue weighted by Crippen LogP contribution is 2.30. The first-order valence-electron chi connectivity index (χ1n) is 4.35. The molecule has 0 amide bonds. The molecule has 1 nitrogen and oxygen atoms in total. The molecule has 2 N–H and O–H groups in total. The van der Waals surface area contributed by atoms with Gasteiger partial charge in [-0.15, -0.1) is 0 Å². The number of thioether (sulfide) groups is 1. The van der Waals surface area contributed by atoms with Crippen molar-refractivity contribution in [1.29, 1.82) is 0 Å². The normalized spacial score (nSPS) is 12.9. The van der Waals surface area contributed by atoms with E-state index in [9.17, 15) is 0 Å². The number of hydrogen-bond acceptors (Lipinski definition) is 2. The van der Waals surface area contributed by atoms with Gasteiger partial charge in [0, 0.05) is 6.04 Å². The second kappa shape index (κ2) is 5.86. The molecule has 0 radical (unpaired) electrons. The molecule has 0 aliphatic rings. The third-order valence-corrected chi connectivity index (χ3v) is 3.49. The Morgan fingerprint density at radius 1 is 1.43 bits per heavy atom. The van der Waals surface area contributed by atoms with Gasteiger partial charge in [-0.2, -0.15) is 11.8 Å². The summed E-state index contributed by atoms with van der Waals surface area (Å²) in [5.41, 5.74) is 6.93. The minimum absolute atomic E-state index is 0.0198. The van der Waals surface area contributed by atoms with Crippen molar-refractivity contribution < 1.29 is 0 Å². The Balaban J connectivity index is 2.79. The van der Waals surface area contributed by atoms with Crippen molar-refractivity contribution >= 4 is 35.0 Å². The van der Waals surface area contributed by atoms with E-state index in [1.807, 2.05) is 12.1 Å². The summed E-state index contributed by atoms with van der Waals surface area (Å²) in [5, 5.41) is 1.16. The van der Waals surface area contributed by atoms with Gasteiger partial charge in [0.25, 0.3) is 0 Å². The van der Waals surface area contributed by atoms with E-state index in [-0.39, 0.29) is 6.04 Å². The summed E-state index contributed by atoms with van der Waals surface area (Å²) in [5.74, 6) is 1.03. The molecule has 0 bridgehead atoms. The maximum atomic E-state index is 6.05. The van der Waals surface area contributed by atoms with Crippen LogP contribution in [0.25, 0.3) is 0 Å². The van der Waals surface area contributed by atoms with Gasteiger partial charge in [0.15, 0.2) is 0 Å². The summed E-state index contributed by atoms with van der Waals surface area (Å²) < 4.78 is 0. The van der Waals surface area contributed by atoms with E-state index in [0.29, 0.717) is 10.0 Å². The molecular formula is C10H13Cl2NS. The molecule has 78 valence electrons. The van der Waals surface area contributed by atoms with Crippen LogP contribution in [-0.4, -0.2) is 12.0 Å². The van der Waals surface area contributed by atoms with Crippen LogP contribution in [0.15, 0.2) is 18.2 Å². The molecule has 1 aromatic carbocycles. The highest BCUT2D eigenvalue weighted by Gasteiger charge is 2.11. The van der Waals surface area contributed by atoms with Crippen molar-refractivity contribution in [2.45, 2.75) is 12.5 Å². The average Bonchev–Trinajstić information content (AvgIpc) is 2.18. The molecule has 0 aromatic heterocycles. The van der Waals surface area contributed by atoms with Gasteiger partial charge in [0.1, 0.15) is 0 Å². The van der Waals surface area contributed by atoms with Crippen LogP contribution in [0.2, 0.25) is 10.0 Å². The monoisotopic (exact) mass is 249 g/mol. The maximum Gasteiger partial charge on any atom is 0.0640 e. The van der Waals surface area contributed by atoms with E-state index in [1.165, 1.54) is 0 Å². The third-order valence-electron chi connectivity index (χ3n) is 2.01. The fourth-order valence-corrected chi connectivity index (χ4v) is 2.14. The molecule has 0 spiro atoms. The summed E-state index contributed by atoms with van der Waals surface area (Å²) in [6, 6.07) is 5.56. The molecule has 1 atom stereocenters. The lowest BCUT2D eigenvalue weighted by molar-refractivity contribution is 0.706. The minimum atomic E-state index is -0.0198. The predicted molar refractivity (Wildman–Crippen MR) is 66.4 cm³/mol. The van der Waals surface area contributed by atoms with Crippen LogP contribution in [0, 0.1) is 0 Å². The average molecular weight is 250 g/mol. The predicted octanol–water partition coefficient (Wildman–Crippen LogP) is 3.75. The Bertz CT molecular complexity index is 304. The third kappa shape index (κ3) is 3.06. The fourth-order valence-electron chi connectivity index (χ4n) is 1.21. The van der Waals surface area contributed by atoms with Crippen LogP contribution in [0.3, 0.4) is 0 Å². The Morgan fingerprint density at radius 3 is 2.79 bits per heavy atom. The summed E-state index contributed by atoms with van der Waals surface area (Å²) >= 11 is 13.7. The zero-order chi connectivity index (χ0) is 10.6. The van der Waals surface area contributed by atoms with Gasteiger partial charge >= 0.3 is 0 Å². The molecular weight excluding hydrogens is 237 g/mol. The Hall–Kier alpha value is 0.110. The lowest BCUT2D eigenvalue weighted by atomic mass is 10.1. The van der Waals surface area contributed by atoms with Crippen LogP contribution in [0.4, 0.5) is 0 Å². The van der Waals surface area contributed by atoms with Crippen LogP contribution in [0.5, 0.6) is 0 Å².